The Morgan fingerprint density at radius 3 is 2.60 bits per heavy atom. The molecule has 2 aliphatic rings. The van der Waals surface area contributed by atoms with Crippen LogP contribution in [0.15, 0.2) is 18.2 Å². The lowest BCUT2D eigenvalue weighted by molar-refractivity contribution is -0.138. The normalized spacial score (nSPS) is 24.1. The summed E-state index contributed by atoms with van der Waals surface area (Å²) in [5.41, 5.74) is -1.32. The monoisotopic (exact) mass is 423 g/mol. The molecular weight excluding hydrogens is 395 g/mol. The summed E-state index contributed by atoms with van der Waals surface area (Å²) in [5, 5.41) is 19.1. The number of amides is 1. The molecular formula is C22H28F3N3O2. The van der Waals surface area contributed by atoms with Crippen LogP contribution in [0.25, 0.3) is 0 Å². The van der Waals surface area contributed by atoms with Crippen LogP contribution in [0.5, 0.6) is 0 Å². The summed E-state index contributed by atoms with van der Waals surface area (Å²) in [6.45, 7) is 5.90. The van der Waals surface area contributed by atoms with Crippen molar-refractivity contribution in [2.45, 2.75) is 39.3 Å². The Morgan fingerprint density at radius 2 is 2.03 bits per heavy atom. The van der Waals surface area contributed by atoms with Gasteiger partial charge < -0.3 is 14.9 Å². The van der Waals surface area contributed by atoms with Crippen molar-refractivity contribution in [2.24, 2.45) is 17.3 Å². The number of rotatable bonds is 5. The number of piperidine rings is 1. The molecule has 1 aromatic rings. The van der Waals surface area contributed by atoms with Gasteiger partial charge in [-0.05, 0) is 37.5 Å². The van der Waals surface area contributed by atoms with Crippen molar-refractivity contribution in [3.8, 4) is 6.07 Å². The largest absolute Gasteiger partial charge is 0.417 e. The quantitative estimate of drug-likeness (QED) is 0.785. The van der Waals surface area contributed by atoms with Gasteiger partial charge in [-0.2, -0.15) is 18.4 Å². The lowest BCUT2D eigenvalue weighted by Crippen LogP contribution is -2.49. The van der Waals surface area contributed by atoms with E-state index in [9.17, 15) is 23.1 Å². The van der Waals surface area contributed by atoms with Crippen LogP contribution in [0.4, 0.5) is 18.9 Å². The fraction of sp³-hybridized carbons (Fsp3) is 0.636. The van der Waals surface area contributed by atoms with Gasteiger partial charge in [0.05, 0.1) is 23.8 Å². The van der Waals surface area contributed by atoms with Crippen molar-refractivity contribution in [3.63, 3.8) is 0 Å². The number of benzene rings is 1. The Bertz CT molecular complexity index is 832. The van der Waals surface area contributed by atoms with E-state index in [1.165, 1.54) is 6.07 Å². The molecule has 0 aromatic heterocycles. The van der Waals surface area contributed by atoms with Crippen LogP contribution in [0, 0.1) is 28.6 Å². The first-order valence-electron chi connectivity index (χ1n) is 10.4. The van der Waals surface area contributed by atoms with Crippen molar-refractivity contribution in [1.82, 2.24) is 4.90 Å². The van der Waals surface area contributed by atoms with E-state index in [2.05, 4.69) is 0 Å². The predicted octanol–water partition coefficient (Wildman–Crippen LogP) is 3.66. The number of fused-ring (bicyclic) bond motifs is 1. The van der Waals surface area contributed by atoms with Crippen LogP contribution >= 0.6 is 0 Å². The summed E-state index contributed by atoms with van der Waals surface area (Å²) in [4.78, 5) is 16.6. The lowest BCUT2D eigenvalue weighted by Gasteiger charge is -2.43. The standard InChI is InChI=1S/C22H28F3N3O2/c1-3-15(4-2)20(30)28-12-17-11-27(8-7-21(17,13-28)14-29)18-6-5-16(10-26)19(9-18)22(23,24)25/h5-6,9,15,17,29H,3-4,7-8,11-14H2,1-2H3/t17-,21+/m1/s1. The fourth-order valence-corrected chi connectivity index (χ4v) is 4.90. The Hall–Kier alpha value is -2.27. The van der Waals surface area contributed by atoms with Crippen molar-refractivity contribution in [3.05, 3.63) is 29.3 Å². The zero-order valence-electron chi connectivity index (χ0n) is 17.4. The van der Waals surface area contributed by atoms with Crippen molar-refractivity contribution in [2.75, 3.05) is 37.7 Å². The summed E-state index contributed by atoms with van der Waals surface area (Å²) >= 11 is 0. The molecule has 0 saturated carbocycles. The topological polar surface area (TPSA) is 67.6 Å². The second-order valence-corrected chi connectivity index (χ2v) is 8.49. The van der Waals surface area contributed by atoms with Crippen LogP contribution in [0.2, 0.25) is 0 Å². The SMILES string of the molecule is CCC(CC)C(=O)N1C[C@H]2CN(c3ccc(C#N)c(C(F)(F)F)c3)CC[C@@]2(CO)C1. The molecule has 2 atom stereocenters. The summed E-state index contributed by atoms with van der Waals surface area (Å²) in [5.74, 6) is 0.0518. The minimum absolute atomic E-state index is 0.0143. The number of nitrogens with zero attached hydrogens (tertiary/aromatic N) is 3. The predicted molar refractivity (Wildman–Crippen MR) is 107 cm³/mol. The summed E-state index contributed by atoms with van der Waals surface area (Å²) in [6, 6.07) is 5.40. The number of likely N-dealkylation sites (tertiary alicyclic amines) is 1. The lowest BCUT2D eigenvalue weighted by atomic mass is 9.73. The highest BCUT2D eigenvalue weighted by molar-refractivity contribution is 5.79. The van der Waals surface area contributed by atoms with Crippen molar-refractivity contribution in [1.29, 1.82) is 5.26 Å². The molecule has 0 aliphatic carbocycles. The highest BCUT2D eigenvalue weighted by Crippen LogP contribution is 2.44. The Morgan fingerprint density at radius 1 is 1.33 bits per heavy atom. The van der Waals surface area contributed by atoms with Gasteiger partial charge in [-0.1, -0.05) is 13.8 Å². The molecule has 2 heterocycles. The molecule has 164 valence electrons. The molecule has 0 radical (unpaired) electrons. The molecule has 0 bridgehead atoms. The number of aliphatic hydroxyl groups excluding tert-OH is 1. The minimum atomic E-state index is -4.60. The zero-order chi connectivity index (χ0) is 22.1. The molecule has 30 heavy (non-hydrogen) atoms. The number of hydrogen-bond acceptors (Lipinski definition) is 4. The molecule has 8 heteroatoms. The van der Waals surface area contributed by atoms with E-state index in [4.69, 9.17) is 5.26 Å². The molecule has 1 N–H and O–H groups in total. The highest BCUT2D eigenvalue weighted by Gasteiger charge is 2.50. The van der Waals surface area contributed by atoms with E-state index in [0.717, 1.165) is 18.9 Å². The molecule has 0 spiro atoms. The first-order valence-corrected chi connectivity index (χ1v) is 10.4. The Labute approximate surface area is 175 Å². The number of hydrogen-bond donors (Lipinski definition) is 1. The van der Waals surface area contributed by atoms with Gasteiger partial charge in [-0.25, -0.2) is 0 Å². The van der Waals surface area contributed by atoms with Gasteiger partial charge in [0.15, 0.2) is 0 Å². The van der Waals surface area contributed by atoms with Gasteiger partial charge >= 0.3 is 6.18 Å². The third-order valence-electron chi connectivity index (χ3n) is 6.89. The van der Waals surface area contributed by atoms with Crippen molar-refractivity contribution >= 4 is 11.6 Å². The number of halogens is 3. The van der Waals surface area contributed by atoms with Gasteiger partial charge in [0.1, 0.15) is 0 Å². The third kappa shape index (κ3) is 4.00. The molecule has 0 unspecified atom stereocenters. The van der Waals surface area contributed by atoms with Crippen molar-refractivity contribution < 1.29 is 23.1 Å². The maximum absolute atomic E-state index is 13.3. The van der Waals surface area contributed by atoms with Crippen LogP contribution in [0.1, 0.15) is 44.2 Å². The summed E-state index contributed by atoms with van der Waals surface area (Å²) in [7, 11) is 0. The second-order valence-electron chi connectivity index (χ2n) is 8.49. The summed E-state index contributed by atoms with van der Waals surface area (Å²) in [6.07, 6.45) is -2.47. The number of carbonyl (C=O) groups is 1. The molecule has 3 rings (SSSR count). The van der Waals surface area contributed by atoms with E-state index < -0.39 is 22.7 Å². The van der Waals surface area contributed by atoms with Gasteiger partial charge in [0, 0.05) is 49.1 Å². The maximum Gasteiger partial charge on any atom is 0.417 e. The summed E-state index contributed by atoms with van der Waals surface area (Å²) < 4.78 is 40.0. The van der Waals surface area contributed by atoms with E-state index in [-0.39, 0.29) is 24.3 Å². The minimum Gasteiger partial charge on any atom is -0.396 e. The first-order chi connectivity index (χ1) is 14.2. The van der Waals surface area contributed by atoms with Crippen LogP contribution in [0.3, 0.4) is 0 Å². The maximum atomic E-state index is 13.3. The highest BCUT2D eigenvalue weighted by atomic mass is 19.4. The number of aliphatic hydroxyl groups is 1. The van der Waals surface area contributed by atoms with Gasteiger partial charge in [0.25, 0.3) is 0 Å². The number of carbonyl (C=O) groups excluding carboxylic acids is 1. The number of anilines is 1. The van der Waals surface area contributed by atoms with E-state index in [1.54, 1.807) is 12.1 Å². The molecule has 2 fully saturated rings. The van der Waals surface area contributed by atoms with Gasteiger partial charge in [-0.15, -0.1) is 0 Å². The van der Waals surface area contributed by atoms with E-state index >= 15 is 0 Å². The number of nitriles is 1. The molecule has 2 saturated heterocycles. The number of alkyl halides is 3. The molecule has 1 amide bonds. The fourth-order valence-electron chi connectivity index (χ4n) is 4.90. The molecule has 2 aliphatic heterocycles. The van der Waals surface area contributed by atoms with E-state index in [1.807, 2.05) is 23.6 Å². The Kier molecular flexibility index (Phi) is 6.32. The van der Waals surface area contributed by atoms with Gasteiger partial charge in [-0.3, -0.25) is 4.79 Å². The van der Waals surface area contributed by atoms with Crippen LogP contribution in [-0.2, 0) is 11.0 Å². The third-order valence-corrected chi connectivity index (χ3v) is 6.89. The smallest absolute Gasteiger partial charge is 0.396 e. The van der Waals surface area contributed by atoms with Crippen LogP contribution < -0.4 is 4.90 Å². The average molecular weight is 423 g/mol. The molecule has 1 aromatic carbocycles. The van der Waals surface area contributed by atoms with Gasteiger partial charge in [0.2, 0.25) is 5.91 Å². The first kappa shape index (κ1) is 22.4. The second kappa shape index (κ2) is 8.46. The average Bonchev–Trinajstić information content (AvgIpc) is 3.12. The van der Waals surface area contributed by atoms with Crippen LogP contribution in [-0.4, -0.2) is 48.7 Å². The van der Waals surface area contributed by atoms with E-state index in [0.29, 0.717) is 38.3 Å². The molecule has 5 nitrogen and oxygen atoms in total. The zero-order valence-corrected chi connectivity index (χ0v) is 17.4. The Balaban J connectivity index is 1.83.